The Kier molecular flexibility index (Phi) is 12.3. The van der Waals surface area contributed by atoms with Crippen LogP contribution in [-0.4, -0.2) is 43.3 Å². The number of hydrogen-bond acceptors (Lipinski definition) is 4. The molecule has 0 fully saturated rings. The second kappa shape index (κ2) is 14.1. The van der Waals surface area contributed by atoms with E-state index >= 15 is 0 Å². The third-order valence-electron chi connectivity index (χ3n) is 6.10. The van der Waals surface area contributed by atoms with Crippen molar-refractivity contribution in [3.8, 4) is 0 Å². The number of esters is 1. The number of ether oxygens (including phenoxy) is 2. The highest BCUT2D eigenvalue weighted by molar-refractivity contribution is 5.89. The lowest BCUT2D eigenvalue weighted by molar-refractivity contribution is 0.0325. The largest absolute Gasteiger partial charge is 0.462 e. The lowest BCUT2D eigenvalue weighted by Gasteiger charge is -2.33. The molecule has 176 valence electrons. The van der Waals surface area contributed by atoms with Gasteiger partial charge in [0.15, 0.2) is 0 Å². The minimum absolute atomic E-state index is 0.214. The van der Waals surface area contributed by atoms with Crippen LogP contribution in [0.15, 0.2) is 24.3 Å². The van der Waals surface area contributed by atoms with Crippen LogP contribution in [0.3, 0.4) is 0 Å². The second-order valence-electron chi connectivity index (χ2n) is 8.94. The molecule has 0 saturated carbocycles. The molecule has 1 amide bonds. The molecule has 0 spiro atoms. The summed E-state index contributed by atoms with van der Waals surface area (Å²) in [6.45, 7) is 16.8. The van der Waals surface area contributed by atoms with Crippen molar-refractivity contribution in [2.75, 3.05) is 26.3 Å². The smallest absolute Gasteiger partial charge is 0.409 e. The van der Waals surface area contributed by atoms with E-state index in [1.807, 2.05) is 38.1 Å². The maximum Gasteiger partial charge on any atom is 0.409 e. The number of nitrogens with zero attached hydrogens (tertiary/aromatic N) is 1. The molecule has 0 aliphatic heterocycles. The van der Waals surface area contributed by atoms with Crippen LogP contribution < -0.4 is 0 Å². The third-order valence-corrected chi connectivity index (χ3v) is 6.10. The highest BCUT2D eigenvalue weighted by Crippen LogP contribution is 2.31. The summed E-state index contributed by atoms with van der Waals surface area (Å²) in [5.74, 6) is 0.987. The van der Waals surface area contributed by atoms with Crippen LogP contribution in [0.1, 0.15) is 77.2 Å². The Bertz CT molecular complexity index is 650. The molecule has 0 bridgehead atoms. The molecule has 0 aliphatic rings. The van der Waals surface area contributed by atoms with Crippen LogP contribution in [0.2, 0.25) is 0 Å². The molecule has 2 atom stereocenters. The molecule has 0 N–H and O–H groups in total. The Morgan fingerprint density at radius 3 is 1.94 bits per heavy atom. The van der Waals surface area contributed by atoms with Gasteiger partial charge in [-0.1, -0.05) is 53.2 Å². The van der Waals surface area contributed by atoms with Gasteiger partial charge in [0, 0.05) is 13.1 Å². The summed E-state index contributed by atoms with van der Waals surface area (Å²) < 4.78 is 11.2. The quantitative estimate of drug-likeness (QED) is 0.347. The number of carbonyl (C=O) groups excluding carboxylic acids is 2. The fraction of sp³-hybridized carbons (Fsp3) is 0.692. The van der Waals surface area contributed by atoms with E-state index in [0.717, 1.165) is 19.3 Å². The highest BCUT2D eigenvalue weighted by Gasteiger charge is 2.29. The molecule has 0 aromatic heterocycles. The summed E-state index contributed by atoms with van der Waals surface area (Å²) in [6.07, 6.45) is 2.60. The highest BCUT2D eigenvalue weighted by atomic mass is 16.6. The normalized spacial score (nSPS) is 13.2. The first kappa shape index (κ1) is 27.0. The minimum Gasteiger partial charge on any atom is -0.462 e. The lowest BCUT2D eigenvalue weighted by atomic mass is 9.76. The Hall–Kier alpha value is -2.04. The van der Waals surface area contributed by atoms with E-state index in [4.69, 9.17) is 9.47 Å². The summed E-state index contributed by atoms with van der Waals surface area (Å²) in [5, 5.41) is 0. The first-order valence-corrected chi connectivity index (χ1v) is 11.9. The van der Waals surface area contributed by atoms with Crippen LogP contribution in [0.4, 0.5) is 4.79 Å². The summed E-state index contributed by atoms with van der Waals surface area (Å²) >= 11 is 0. The number of carbonyl (C=O) groups is 2. The van der Waals surface area contributed by atoms with E-state index in [9.17, 15) is 9.59 Å². The molecule has 2 unspecified atom stereocenters. The monoisotopic (exact) mass is 433 g/mol. The summed E-state index contributed by atoms with van der Waals surface area (Å²) in [7, 11) is 0. The standard InChI is InChI=1S/C26H43NO4/c1-8-11-21-12-14-22(15-13-21)25(28)30-17-16-23(19(4)5)24(20(6)7)18-31-26(29)27(9-2)10-3/h12-15,19-20,23-24H,8-11,16-18H2,1-7H3. The van der Waals surface area contributed by atoms with Crippen LogP contribution in [-0.2, 0) is 15.9 Å². The van der Waals surface area contributed by atoms with Crippen LogP contribution in [0, 0.1) is 23.7 Å². The molecular formula is C26H43NO4. The number of amides is 1. The van der Waals surface area contributed by atoms with Gasteiger partial charge in [-0.3, -0.25) is 0 Å². The minimum atomic E-state index is -0.278. The summed E-state index contributed by atoms with van der Waals surface area (Å²) in [6, 6.07) is 7.68. The lowest BCUT2D eigenvalue weighted by Crippen LogP contribution is -2.35. The molecule has 5 nitrogen and oxygen atoms in total. The van der Waals surface area contributed by atoms with Gasteiger partial charge in [-0.2, -0.15) is 0 Å². The van der Waals surface area contributed by atoms with Crippen LogP contribution in [0.25, 0.3) is 0 Å². The van der Waals surface area contributed by atoms with Gasteiger partial charge in [0.05, 0.1) is 18.8 Å². The Morgan fingerprint density at radius 2 is 1.45 bits per heavy atom. The predicted molar refractivity (Wildman–Crippen MR) is 126 cm³/mol. The molecule has 0 aliphatic carbocycles. The third kappa shape index (κ3) is 8.92. The van der Waals surface area contributed by atoms with Gasteiger partial charge in [0.1, 0.15) is 0 Å². The van der Waals surface area contributed by atoms with Crippen molar-refractivity contribution in [3.63, 3.8) is 0 Å². The average Bonchev–Trinajstić information content (AvgIpc) is 2.73. The molecule has 1 aromatic rings. The maximum absolute atomic E-state index is 12.4. The number of rotatable bonds is 13. The fourth-order valence-electron chi connectivity index (χ4n) is 4.06. The molecule has 31 heavy (non-hydrogen) atoms. The van der Waals surface area contributed by atoms with Crippen LogP contribution >= 0.6 is 0 Å². The Labute approximate surface area is 189 Å². The van der Waals surface area contributed by atoms with E-state index in [0.29, 0.717) is 49.6 Å². The van der Waals surface area contributed by atoms with Gasteiger partial charge in [0.2, 0.25) is 0 Å². The maximum atomic E-state index is 12.4. The van der Waals surface area contributed by atoms with Crippen molar-refractivity contribution in [2.24, 2.45) is 23.7 Å². The van der Waals surface area contributed by atoms with E-state index in [2.05, 4.69) is 34.6 Å². The number of benzene rings is 1. The predicted octanol–water partition coefficient (Wildman–Crippen LogP) is 6.21. The van der Waals surface area contributed by atoms with Crippen molar-refractivity contribution < 1.29 is 19.1 Å². The number of hydrogen-bond donors (Lipinski definition) is 0. The Balaban J connectivity index is 2.67. The summed E-state index contributed by atoms with van der Waals surface area (Å²) in [5.41, 5.74) is 1.83. The van der Waals surface area contributed by atoms with E-state index in [1.165, 1.54) is 5.56 Å². The van der Waals surface area contributed by atoms with Gasteiger partial charge in [0.25, 0.3) is 0 Å². The zero-order chi connectivity index (χ0) is 23.4. The van der Waals surface area contributed by atoms with E-state index < -0.39 is 0 Å². The van der Waals surface area contributed by atoms with Gasteiger partial charge in [-0.05, 0) is 68.1 Å². The van der Waals surface area contributed by atoms with Gasteiger partial charge >= 0.3 is 12.1 Å². The van der Waals surface area contributed by atoms with Crippen molar-refractivity contribution in [1.29, 1.82) is 0 Å². The van der Waals surface area contributed by atoms with Gasteiger partial charge in [-0.15, -0.1) is 0 Å². The van der Waals surface area contributed by atoms with Crippen molar-refractivity contribution in [3.05, 3.63) is 35.4 Å². The zero-order valence-corrected chi connectivity index (χ0v) is 20.6. The molecule has 0 saturated heterocycles. The van der Waals surface area contributed by atoms with Crippen molar-refractivity contribution >= 4 is 12.1 Å². The molecule has 0 heterocycles. The van der Waals surface area contributed by atoms with Crippen LogP contribution in [0.5, 0.6) is 0 Å². The van der Waals surface area contributed by atoms with E-state index in [-0.39, 0.29) is 18.0 Å². The zero-order valence-electron chi connectivity index (χ0n) is 20.6. The Morgan fingerprint density at radius 1 is 0.871 bits per heavy atom. The molecule has 1 rings (SSSR count). The summed E-state index contributed by atoms with van der Waals surface area (Å²) in [4.78, 5) is 26.4. The average molecular weight is 434 g/mol. The van der Waals surface area contributed by atoms with Gasteiger partial charge in [-0.25, -0.2) is 9.59 Å². The molecule has 1 aromatic carbocycles. The SMILES string of the molecule is CCCc1ccc(C(=O)OCCC(C(C)C)C(COC(=O)N(CC)CC)C(C)C)cc1. The molecule has 0 radical (unpaired) electrons. The second-order valence-corrected chi connectivity index (χ2v) is 8.94. The van der Waals surface area contributed by atoms with Crippen molar-refractivity contribution in [1.82, 2.24) is 4.90 Å². The van der Waals surface area contributed by atoms with Crippen molar-refractivity contribution in [2.45, 2.75) is 67.7 Å². The fourth-order valence-corrected chi connectivity index (χ4v) is 4.06. The molecule has 5 heteroatoms. The number of aryl methyl sites for hydroxylation is 1. The van der Waals surface area contributed by atoms with Gasteiger partial charge < -0.3 is 14.4 Å². The first-order valence-electron chi connectivity index (χ1n) is 11.9. The van der Waals surface area contributed by atoms with E-state index in [1.54, 1.807) is 4.90 Å². The topological polar surface area (TPSA) is 55.8 Å². The first-order chi connectivity index (χ1) is 14.7. The molecular weight excluding hydrogens is 390 g/mol.